The van der Waals surface area contributed by atoms with E-state index in [0.29, 0.717) is 12.3 Å². The molecule has 0 saturated heterocycles. The lowest BCUT2D eigenvalue weighted by atomic mass is 10.1. The van der Waals surface area contributed by atoms with Gasteiger partial charge in [0.1, 0.15) is 0 Å². The molecule has 0 spiro atoms. The molecule has 122 valence electrons. The number of hydrogen-bond acceptors (Lipinski definition) is 3. The second-order valence-corrected chi connectivity index (χ2v) is 7.37. The summed E-state index contributed by atoms with van der Waals surface area (Å²) in [6, 6.07) is 16.2. The van der Waals surface area contributed by atoms with E-state index in [0.717, 1.165) is 17.2 Å². The molecule has 23 heavy (non-hydrogen) atoms. The van der Waals surface area contributed by atoms with Crippen LogP contribution in [0.25, 0.3) is 0 Å². The molecule has 2 rings (SSSR count). The first-order chi connectivity index (χ1) is 11.2. The molecule has 1 N–H and O–H groups in total. The molecule has 0 saturated carbocycles. The molecular formula is C18H20ClNOS2. The molecule has 2 aromatic rings. The van der Waals surface area contributed by atoms with E-state index in [9.17, 15) is 4.79 Å². The van der Waals surface area contributed by atoms with E-state index < -0.39 is 0 Å². The van der Waals surface area contributed by atoms with Gasteiger partial charge in [-0.25, -0.2) is 0 Å². The van der Waals surface area contributed by atoms with Crippen molar-refractivity contribution in [2.75, 3.05) is 18.6 Å². The summed E-state index contributed by atoms with van der Waals surface area (Å²) in [5.74, 6) is 1.44. The number of amides is 1. The lowest BCUT2D eigenvalue weighted by molar-refractivity contribution is -0.118. The monoisotopic (exact) mass is 365 g/mol. The smallest absolute Gasteiger partial charge is 0.230 e. The highest BCUT2D eigenvalue weighted by Crippen LogP contribution is 2.18. The molecule has 1 amide bonds. The van der Waals surface area contributed by atoms with Gasteiger partial charge >= 0.3 is 0 Å². The Morgan fingerprint density at radius 3 is 2.35 bits per heavy atom. The second kappa shape index (κ2) is 9.91. The van der Waals surface area contributed by atoms with Crippen LogP contribution in [0, 0.1) is 0 Å². The van der Waals surface area contributed by atoms with E-state index in [2.05, 4.69) is 35.8 Å². The van der Waals surface area contributed by atoms with Crippen molar-refractivity contribution in [2.24, 2.45) is 0 Å². The van der Waals surface area contributed by atoms with E-state index in [1.807, 2.05) is 24.3 Å². The predicted molar refractivity (Wildman–Crippen MR) is 103 cm³/mol. The molecule has 5 heteroatoms. The van der Waals surface area contributed by atoms with Gasteiger partial charge in [-0.2, -0.15) is 0 Å². The van der Waals surface area contributed by atoms with E-state index >= 15 is 0 Å². The SMILES string of the molecule is CSc1ccc(CSCC(=O)NCCc2ccc(Cl)cc2)cc1. The van der Waals surface area contributed by atoms with Crippen molar-refractivity contribution < 1.29 is 4.79 Å². The number of carbonyl (C=O) groups is 1. The van der Waals surface area contributed by atoms with E-state index in [1.165, 1.54) is 16.0 Å². The Labute approximate surface area is 151 Å². The van der Waals surface area contributed by atoms with Crippen LogP contribution in [0.2, 0.25) is 5.02 Å². The summed E-state index contributed by atoms with van der Waals surface area (Å²) in [6.45, 7) is 0.656. The first-order valence-electron chi connectivity index (χ1n) is 7.39. The maximum Gasteiger partial charge on any atom is 0.230 e. The maximum atomic E-state index is 11.8. The summed E-state index contributed by atoms with van der Waals surface area (Å²) in [4.78, 5) is 13.1. The van der Waals surface area contributed by atoms with Crippen molar-refractivity contribution in [3.63, 3.8) is 0 Å². The molecule has 0 aromatic heterocycles. The fourth-order valence-electron chi connectivity index (χ4n) is 2.03. The van der Waals surface area contributed by atoms with Crippen LogP contribution >= 0.6 is 35.1 Å². The highest BCUT2D eigenvalue weighted by Gasteiger charge is 2.02. The Balaban J connectivity index is 1.62. The normalized spacial score (nSPS) is 10.5. The summed E-state index contributed by atoms with van der Waals surface area (Å²) in [5.41, 5.74) is 2.43. The van der Waals surface area contributed by atoms with Crippen molar-refractivity contribution in [1.29, 1.82) is 0 Å². The Bertz CT molecular complexity index is 614. The van der Waals surface area contributed by atoms with Crippen molar-refractivity contribution in [3.05, 3.63) is 64.7 Å². The van der Waals surface area contributed by atoms with Gasteiger partial charge in [0.25, 0.3) is 0 Å². The standard InChI is InChI=1S/C18H20ClNOS2/c1-22-17-8-4-15(5-9-17)12-23-13-18(21)20-11-10-14-2-6-16(19)7-3-14/h2-9H,10-13H2,1H3,(H,20,21). The van der Waals surface area contributed by atoms with E-state index in [4.69, 9.17) is 11.6 Å². The zero-order valence-corrected chi connectivity index (χ0v) is 15.4. The van der Waals surface area contributed by atoms with Crippen LogP contribution in [0.15, 0.2) is 53.4 Å². The average molecular weight is 366 g/mol. The summed E-state index contributed by atoms with van der Waals surface area (Å²) in [7, 11) is 0. The molecule has 0 aliphatic carbocycles. The molecule has 0 atom stereocenters. The van der Waals surface area contributed by atoms with Gasteiger partial charge in [0.15, 0.2) is 0 Å². The zero-order chi connectivity index (χ0) is 16.5. The first kappa shape index (κ1) is 18.2. The number of nitrogens with one attached hydrogen (secondary N) is 1. The van der Waals surface area contributed by atoms with Gasteiger partial charge in [0.2, 0.25) is 5.91 Å². The molecule has 0 aliphatic heterocycles. The Hall–Kier alpha value is -1.10. The number of rotatable bonds is 8. The van der Waals surface area contributed by atoms with Crippen molar-refractivity contribution in [1.82, 2.24) is 5.32 Å². The fraction of sp³-hybridized carbons (Fsp3) is 0.278. The minimum absolute atomic E-state index is 0.0877. The zero-order valence-electron chi connectivity index (χ0n) is 13.0. The fourth-order valence-corrected chi connectivity index (χ4v) is 3.38. The molecular weight excluding hydrogens is 346 g/mol. The lowest BCUT2D eigenvalue weighted by Gasteiger charge is -2.06. The first-order valence-corrected chi connectivity index (χ1v) is 10.1. The van der Waals surface area contributed by atoms with Crippen LogP contribution in [0.4, 0.5) is 0 Å². The molecule has 0 unspecified atom stereocenters. The Morgan fingerprint density at radius 1 is 1.04 bits per heavy atom. The topological polar surface area (TPSA) is 29.1 Å². The van der Waals surface area contributed by atoms with Crippen molar-refractivity contribution in [2.45, 2.75) is 17.1 Å². The third kappa shape index (κ3) is 6.90. The van der Waals surface area contributed by atoms with Gasteiger partial charge in [-0.3, -0.25) is 4.79 Å². The van der Waals surface area contributed by atoms with Crippen LogP contribution < -0.4 is 5.32 Å². The second-order valence-electron chi connectivity index (χ2n) is 5.07. The lowest BCUT2D eigenvalue weighted by Crippen LogP contribution is -2.27. The van der Waals surface area contributed by atoms with Crippen LogP contribution in [0.1, 0.15) is 11.1 Å². The summed E-state index contributed by atoms with van der Waals surface area (Å²) < 4.78 is 0. The van der Waals surface area contributed by atoms with Crippen molar-refractivity contribution in [3.8, 4) is 0 Å². The van der Waals surface area contributed by atoms with Crippen LogP contribution in [-0.4, -0.2) is 24.5 Å². The van der Waals surface area contributed by atoms with Gasteiger partial charge in [-0.1, -0.05) is 35.9 Å². The van der Waals surface area contributed by atoms with Crippen LogP contribution in [-0.2, 0) is 17.0 Å². The maximum absolute atomic E-state index is 11.8. The Kier molecular flexibility index (Phi) is 7.86. The quantitative estimate of drug-likeness (QED) is 0.690. The third-order valence-electron chi connectivity index (χ3n) is 3.31. The summed E-state index contributed by atoms with van der Waals surface area (Å²) >= 11 is 9.22. The number of hydrogen-bond donors (Lipinski definition) is 1. The molecule has 0 heterocycles. The van der Waals surface area contributed by atoms with Crippen LogP contribution in [0.5, 0.6) is 0 Å². The molecule has 2 nitrogen and oxygen atoms in total. The highest BCUT2D eigenvalue weighted by atomic mass is 35.5. The largest absolute Gasteiger partial charge is 0.355 e. The van der Waals surface area contributed by atoms with E-state index in [1.54, 1.807) is 23.5 Å². The van der Waals surface area contributed by atoms with Gasteiger partial charge in [0.05, 0.1) is 5.75 Å². The van der Waals surface area contributed by atoms with Gasteiger partial charge in [-0.15, -0.1) is 23.5 Å². The Morgan fingerprint density at radius 2 is 1.70 bits per heavy atom. The van der Waals surface area contributed by atoms with Crippen molar-refractivity contribution >= 4 is 41.0 Å². The number of carbonyl (C=O) groups excluding carboxylic acids is 1. The average Bonchev–Trinajstić information content (AvgIpc) is 2.57. The van der Waals surface area contributed by atoms with E-state index in [-0.39, 0.29) is 5.91 Å². The molecule has 2 aromatic carbocycles. The number of halogens is 1. The minimum atomic E-state index is 0.0877. The van der Waals surface area contributed by atoms with Gasteiger partial charge < -0.3 is 5.32 Å². The summed E-state index contributed by atoms with van der Waals surface area (Å²) in [6.07, 6.45) is 2.89. The van der Waals surface area contributed by atoms with Crippen LogP contribution in [0.3, 0.4) is 0 Å². The summed E-state index contributed by atoms with van der Waals surface area (Å²) in [5, 5.41) is 3.69. The molecule has 0 radical (unpaired) electrons. The minimum Gasteiger partial charge on any atom is -0.355 e. The molecule has 0 fully saturated rings. The van der Waals surface area contributed by atoms with Gasteiger partial charge in [0, 0.05) is 22.2 Å². The predicted octanol–water partition coefficient (Wildman–Crippen LogP) is 4.65. The molecule has 0 aliphatic rings. The van der Waals surface area contributed by atoms with Gasteiger partial charge in [-0.05, 0) is 48.1 Å². The third-order valence-corrected chi connectivity index (χ3v) is 5.31. The molecule has 0 bridgehead atoms. The number of thioether (sulfide) groups is 2. The number of benzene rings is 2. The highest BCUT2D eigenvalue weighted by molar-refractivity contribution is 7.99.